The Bertz CT molecular complexity index is 851. The Balaban J connectivity index is 1.98. The molecule has 0 radical (unpaired) electrons. The fraction of sp³-hybridized carbons (Fsp3) is 0.545. The van der Waals surface area contributed by atoms with Crippen LogP contribution < -0.4 is 24.8 Å². The molecule has 1 aromatic heterocycles. The summed E-state index contributed by atoms with van der Waals surface area (Å²) < 4.78 is 18.3. The maximum atomic E-state index is 5.53. The van der Waals surface area contributed by atoms with Crippen LogP contribution in [0.15, 0.2) is 17.1 Å². The Morgan fingerprint density at radius 2 is 1.73 bits per heavy atom. The van der Waals surface area contributed by atoms with Crippen LogP contribution in [0.3, 0.4) is 0 Å². The highest BCUT2D eigenvalue weighted by Gasteiger charge is 2.15. The summed E-state index contributed by atoms with van der Waals surface area (Å²) in [5.74, 6) is 2.94. The maximum absolute atomic E-state index is 5.53. The molecule has 2 rings (SSSR count). The lowest BCUT2D eigenvalue weighted by molar-refractivity contribution is 0.368. The number of hydrogen-bond donors (Lipinski definition) is 2. The van der Waals surface area contributed by atoms with Gasteiger partial charge in [-0.2, -0.15) is 5.10 Å². The molecule has 30 heavy (non-hydrogen) atoms. The number of rotatable bonds is 9. The zero-order valence-electron chi connectivity index (χ0n) is 19.4. The largest absolute Gasteiger partial charge is 0.496 e. The third-order valence-corrected chi connectivity index (χ3v) is 5.26. The normalized spacial score (nSPS) is 12.5. The smallest absolute Gasteiger partial charge is 0.191 e. The van der Waals surface area contributed by atoms with Crippen molar-refractivity contribution in [2.24, 2.45) is 12.0 Å². The molecule has 0 aliphatic carbocycles. The van der Waals surface area contributed by atoms with Crippen LogP contribution in [0.5, 0.6) is 17.2 Å². The number of ether oxygens (including phenoxy) is 3. The highest BCUT2D eigenvalue weighted by atomic mass is 16.5. The summed E-state index contributed by atoms with van der Waals surface area (Å²) >= 11 is 0. The zero-order valence-corrected chi connectivity index (χ0v) is 19.4. The molecule has 0 saturated heterocycles. The fourth-order valence-electron chi connectivity index (χ4n) is 3.53. The molecule has 0 saturated carbocycles. The van der Waals surface area contributed by atoms with Gasteiger partial charge in [-0.25, -0.2) is 0 Å². The van der Waals surface area contributed by atoms with E-state index in [-0.39, 0.29) is 6.04 Å². The van der Waals surface area contributed by atoms with Gasteiger partial charge >= 0.3 is 0 Å². The van der Waals surface area contributed by atoms with Crippen LogP contribution in [0.4, 0.5) is 0 Å². The fourth-order valence-corrected chi connectivity index (χ4v) is 3.53. The minimum atomic E-state index is 0.211. The van der Waals surface area contributed by atoms with Gasteiger partial charge in [0.05, 0.1) is 27.0 Å². The number of aryl methyl sites for hydroxylation is 2. The van der Waals surface area contributed by atoms with E-state index in [1.165, 1.54) is 11.3 Å². The molecule has 166 valence electrons. The van der Waals surface area contributed by atoms with E-state index in [1.54, 1.807) is 28.4 Å². The van der Waals surface area contributed by atoms with Gasteiger partial charge in [0, 0.05) is 50.1 Å². The number of guanidine groups is 1. The van der Waals surface area contributed by atoms with Gasteiger partial charge in [0.2, 0.25) is 0 Å². The van der Waals surface area contributed by atoms with Crippen molar-refractivity contribution in [2.75, 3.05) is 34.9 Å². The second kappa shape index (κ2) is 10.8. The molecule has 8 heteroatoms. The van der Waals surface area contributed by atoms with Crippen molar-refractivity contribution >= 4 is 5.96 Å². The predicted molar refractivity (Wildman–Crippen MR) is 120 cm³/mol. The van der Waals surface area contributed by atoms with E-state index in [1.807, 2.05) is 23.9 Å². The van der Waals surface area contributed by atoms with Gasteiger partial charge < -0.3 is 24.8 Å². The highest BCUT2D eigenvalue weighted by molar-refractivity contribution is 5.80. The lowest BCUT2D eigenvalue weighted by atomic mass is 10.1. The van der Waals surface area contributed by atoms with E-state index in [2.05, 4.69) is 41.5 Å². The number of methoxy groups -OCH3 is 3. The van der Waals surface area contributed by atoms with Crippen LogP contribution in [0.1, 0.15) is 29.4 Å². The molecular formula is C22H35N5O3. The van der Waals surface area contributed by atoms with Crippen LogP contribution in [0.2, 0.25) is 0 Å². The zero-order chi connectivity index (χ0) is 22.3. The summed E-state index contributed by atoms with van der Waals surface area (Å²) in [6.45, 7) is 6.98. The van der Waals surface area contributed by atoms with E-state index in [9.17, 15) is 0 Å². The Morgan fingerprint density at radius 1 is 1.10 bits per heavy atom. The molecule has 0 spiro atoms. The molecule has 2 aromatic rings. The van der Waals surface area contributed by atoms with Gasteiger partial charge in [-0.3, -0.25) is 9.67 Å². The van der Waals surface area contributed by atoms with Gasteiger partial charge in [0.15, 0.2) is 5.96 Å². The van der Waals surface area contributed by atoms with Crippen molar-refractivity contribution in [1.29, 1.82) is 0 Å². The van der Waals surface area contributed by atoms with Crippen LogP contribution in [0.25, 0.3) is 0 Å². The second-order valence-corrected chi connectivity index (χ2v) is 7.28. The SMILES string of the molecule is CN=C(NCCc1c(OC)cc(OC)cc1OC)NC(C)Cc1c(C)nn(C)c1C. The molecule has 0 aliphatic rings. The monoisotopic (exact) mass is 417 g/mol. The average Bonchev–Trinajstić information content (AvgIpc) is 2.98. The van der Waals surface area contributed by atoms with E-state index >= 15 is 0 Å². The number of aliphatic imine (C=N–C) groups is 1. The quantitative estimate of drug-likeness (QED) is 0.482. The summed E-state index contributed by atoms with van der Waals surface area (Å²) in [7, 11) is 8.68. The maximum Gasteiger partial charge on any atom is 0.191 e. The first-order valence-corrected chi connectivity index (χ1v) is 10.1. The van der Waals surface area contributed by atoms with Crippen LogP contribution in [-0.2, 0) is 19.9 Å². The Hall–Kier alpha value is -2.90. The lowest BCUT2D eigenvalue weighted by Crippen LogP contribution is -2.43. The number of hydrogen-bond acceptors (Lipinski definition) is 5. The van der Waals surface area contributed by atoms with Crippen molar-refractivity contribution in [3.63, 3.8) is 0 Å². The Morgan fingerprint density at radius 3 is 2.20 bits per heavy atom. The highest BCUT2D eigenvalue weighted by Crippen LogP contribution is 2.34. The molecule has 0 aliphatic heterocycles. The van der Waals surface area contributed by atoms with Gasteiger partial charge in [-0.15, -0.1) is 0 Å². The van der Waals surface area contributed by atoms with Crippen LogP contribution in [-0.4, -0.2) is 56.7 Å². The second-order valence-electron chi connectivity index (χ2n) is 7.28. The summed E-state index contributed by atoms with van der Waals surface area (Å²) in [5, 5.41) is 11.3. The number of aromatic nitrogens is 2. The molecule has 2 N–H and O–H groups in total. The van der Waals surface area contributed by atoms with E-state index in [4.69, 9.17) is 14.2 Å². The van der Waals surface area contributed by atoms with Gasteiger partial charge in [0.25, 0.3) is 0 Å². The van der Waals surface area contributed by atoms with Crippen LogP contribution in [0, 0.1) is 13.8 Å². The van der Waals surface area contributed by atoms with Crippen molar-refractivity contribution in [2.45, 2.75) is 39.7 Å². The topological polar surface area (TPSA) is 81.9 Å². The standard InChI is InChI=1S/C22H35N5O3/c1-14(11-19-15(2)26-27(5)16(19)3)25-22(23-4)24-10-9-18-20(29-7)12-17(28-6)13-21(18)30-8/h12-14H,9-11H2,1-8H3,(H2,23,24,25). The third-order valence-electron chi connectivity index (χ3n) is 5.26. The third kappa shape index (κ3) is 5.58. The summed E-state index contributed by atoms with van der Waals surface area (Å²) in [4.78, 5) is 4.35. The Labute approximate surface area is 179 Å². The van der Waals surface area contributed by atoms with Crippen LogP contribution >= 0.6 is 0 Å². The number of benzene rings is 1. The van der Waals surface area contributed by atoms with E-state index < -0.39 is 0 Å². The molecule has 0 bridgehead atoms. The number of nitrogens with zero attached hydrogens (tertiary/aromatic N) is 3. The minimum Gasteiger partial charge on any atom is -0.496 e. The molecule has 1 aromatic carbocycles. The summed E-state index contributed by atoms with van der Waals surface area (Å²) in [5.41, 5.74) is 4.53. The molecular weight excluding hydrogens is 382 g/mol. The van der Waals surface area contributed by atoms with Crippen molar-refractivity contribution in [3.8, 4) is 17.2 Å². The number of nitrogens with one attached hydrogen (secondary N) is 2. The predicted octanol–water partition coefficient (Wildman–Crippen LogP) is 2.40. The van der Waals surface area contributed by atoms with Crippen molar-refractivity contribution in [1.82, 2.24) is 20.4 Å². The Kier molecular flexibility index (Phi) is 8.38. The minimum absolute atomic E-state index is 0.211. The summed E-state index contributed by atoms with van der Waals surface area (Å²) in [6.07, 6.45) is 1.60. The van der Waals surface area contributed by atoms with Crippen molar-refractivity contribution in [3.05, 3.63) is 34.6 Å². The molecule has 1 heterocycles. The molecule has 1 unspecified atom stereocenters. The van der Waals surface area contributed by atoms with E-state index in [0.29, 0.717) is 18.7 Å². The van der Waals surface area contributed by atoms with Gasteiger partial charge in [-0.1, -0.05) is 0 Å². The lowest BCUT2D eigenvalue weighted by Gasteiger charge is -2.19. The molecule has 1 atom stereocenters. The average molecular weight is 418 g/mol. The molecule has 8 nitrogen and oxygen atoms in total. The first-order chi connectivity index (χ1) is 14.3. The molecule has 0 fully saturated rings. The first-order valence-electron chi connectivity index (χ1n) is 10.1. The molecule has 0 amide bonds. The first kappa shape index (κ1) is 23.4. The van der Waals surface area contributed by atoms with Gasteiger partial charge in [-0.05, 0) is 39.2 Å². The van der Waals surface area contributed by atoms with Gasteiger partial charge in [0.1, 0.15) is 17.2 Å². The van der Waals surface area contributed by atoms with E-state index in [0.717, 1.165) is 35.1 Å². The van der Waals surface area contributed by atoms with Crippen molar-refractivity contribution < 1.29 is 14.2 Å². The summed E-state index contributed by atoms with van der Waals surface area (Å²) in [6, 6.07) is 3.94.